The van der Waals surface area contributed by atoms with Gasteiger partial charge in [-0.2, -0.15) is 10.1 Å². The maximum absolute atomic E-state index is 12.9. The van der Waals surface area contributed by atoms with Crippen LogP contribution in [0.2, 0.25) is 0 Å². The van der Waals surface area contributed by atoms with Gasteiger partial charge < -0.3 is 14.6 Å². The Bertz CT molecular complexity index is 1070. The summed E-state index contributed by atoms with van der Waals surface area (Å²) in [7, 11) is 1.58. The highest BCUT2D eigenvalue weighted by Crippen LogP contribution is 2.34. The molecule has 2 aromatic carbocycles. The summed E-state index contributed by atoms with van der Waals surface area (Å²) >= 11 is 0. The first-order valence-corrected chi connectivity index (χ1v) is 9.72. The smallest absolute Gasteiger partial charge is 0.335 e. The quantitative estimate of drug-likeness (QED) is 0.703. The third-order valence-corrected chi connectivity index (χ3v) is 5.07. The number of hydrogen-bond acceptors (Lipinski definition) is 5. The van der Waals surface area contributed by atoms with E-state index in [1.54, 1.807) is 32.2 Å². The lowest BCUT2D eigenvalue weighted by atomic mass is 10.1. The zero-order valence-electron chi connectivity index (χ0n) is 16.8. The Hall–Kier alpha value is -3.61. The molecule has 1 saturated carbocycles. The van der Waals surface area contributed by atoms with Crippen molar-refractivity contribution in [2.24, 2.45) is 11.0 Å². The van der Waals surface area contributed by atoms with E-state index in [0.717, 1.165) is 5.56 Å². The average Bonchev–Trinajstić information content (AvgIpc) is 3.54. The van der Waals surface area contributed by atoms with E-state index in [-0.39, 0.29) is 11.5 Å². The first kappa shape index (κ1) is 19.7. The lowest BCUT2D eigenvalue weighted by molar-refractivity contribution is -0.114. The molecule has 0 spiro atoms. The van der Waals surface area contributed by atoms with Gasteiger partial charge in [0.1, 0.15) is 0 Å². The topological polar surface area (TPSA) is 88.4 Å². The van der Waals surface area contributed by atoms with Gasteiger partial charge >= 0.3 is 5.97 Å². The Morgan fingerprint density at radius 1 is 1.23 bits per heavy atom. The largest absolute Gasteiger partial charge is 0.493 e. The highest BCUT2D eigenvalue weighted by molar-refractivity contribution is 6.32. The molecule has 0 saturated heterocycles. The molecule has 4 rings (SSSR count). The monoisotopic (exact) mass is 406 g/mol. The molecule has 2 aliphatic rings. The normalized spacial score (nSPS) is 17.3. The number of nitrogens with zero attached hydrogens (tertiary/aromatic N) is 2. The number of ether oxygens (including phenoxy) is 2. The van der Waals surface area contributed by atoms with Crippen LogP contribution in [-0.4, -0.2) is 36.4 Å². The molecule has 0 aromatic heterocycles. The van der Waals surface area contributed by atoms with Crippen molar-refractivity contribution in [1.29, 1.82) is 0 Å². The van der Waals surface area contributed by atoms with Gasteiger partial charge in [0.2, 0.25) is 0 Å². The number of rotatable bonds is 7. The fraction of sp³-hybridized carbons (Fsp3) is 0.261. The average molecular weight is 406 g/mol. The zero-order chi connectivity index (χ0) is 21.3. The molecule has 1 aliphatic heterocycles. The summed E-state index contributed by atoms with van der Waals surface area (Å²) in [5.74, 6) is 0.550. The fourth-order valence-corrected chi connectivity index (χ4v) is 3.18. The van der Waals surface area contributed by atoms with Gasteiger partial charge in [0, 0.05) is 0 Å². The van der Waals surface area contributed by atoms with Crippen molar-refractivity contribution in [3.63, 3.8) is 0 Å². The van der Waals surface area contributed by atoms with Gasteiger partial charge in [0.15, 0.2) is 11.5 Å². The summed E-state index contributed by atoms with van der Waals surface area (Å²) in [6.07, 6.45) is 4.16. The summed E-state index contributed by atoms with van der Waals surface area (Å²) in [6, 6.07) is 11.7. The minimum Gasteiger partial charge on any atom is -0.493 e. The molecule has 0 atom stereocenters. The number of aromatic carboxylic acids is 1. The molecule has 1 fully saturated rings. The Kier molecular flexibility index (Phi) is 5.27. The summed E-state index contributed by atoms with van der Waals surface area (Å²) < 4.78 is 11.3. The molecule has 0 radical (unpaired) electrons. The predicted octanol–water partition coefficient (Wildman–Crippen LogP) is 3.99. The second-order valence-corrected chi connectivity index (χ2v) is 7.38. The van der Waals surface area contributed by atoms with Gasteiger partial charge in [-0.3, -0.25) is 4.79 Å². The van der Waals surface area contributed by atoms with Crippen LogP contribution < -0.4 is 14.5 Å². The summed E-state index contributed by atoms with van der Waals surface area (Å²) in [6.45, 7) is 2.43. The van der Waals surface area contributed by atoms with Crippen molar-refractivity contribution in [2.75, 3.05) is 18.7 Å². The van der Waals surface area contributed by atoms with E-state index < -0.39 is 5.97 Å². The van der Waals surface area contributed by atoms with E-state index in [0.29, 0.717) is 41.0 Å². The van der Waals surface area contributed by atoms with E-state index >= 15 is 0 Å². The zero-order valence-corrected chi connectivity index (χ0v) is 16.8. The second kappa shape index (κ2) is 8.02. The molecular weight excluding hydrogens is 384 g/mol. The molecule has 154 valence electrons. The van der Waals surface area contributed by atoms with Crippen molar-refractivity contribution < 1.29 is 24.2 Å². The Morgan fingerprint density at radius 2 is 2.03 bits per heavy atom. The first-order chi connectivity index (χ1) is 14.5. The van der Waals surface area contributed by atoms with Gasteiger partial charge in [-0.25, -0.2) is 4.79 Å². The van der Waals surface area contributed by atoms with Crippen LogP contribution in [0, 0.1) is 5.92 Å². The molecule has 7 nitrogen and oxygen atoms in total. The number of carbonyl (C=O) groups excluding carboxylic acids is 1. The maximum atomic E-state index is 12.9. The second-order valence-electron chi connectivity index (χ2n) is 7.38. The molecule has 30 heavy (non-hydrogen) atoms. The van der Waals surface area contributed by atoms with E-state index in [4.69, 9.17) is 9.47 Å². The lowest BCUT2D eigenvalue weighted by Crippen LogP contribution is -2.21. The van der Waals surface area contributed by atoms with Crippen LogP contribution in [-0.2, 0) is 4.79 Å². The highest BCUT2D eigenvalue weighted by Gasteiger charge is 2.29. The van der Waals surface area contributed by atoms with Gasteiger partial charge in [-0.15, -0.1) is 0 Å². The molecule has 0 bridgehead atoms. The van der Waals surface area contributed by atoms with Crippen molar-refractivity contribution in [2.45, 2.75) is 19.8 Å². The van der Waals surface area contributed by atoms with Crippen LogP contribution in [0.25, 0.3) is 6.08 Å². The fourth-order valence-electron chi connectivity index (χ4n) is 3.18. The van der Waals surface area contributed by atoms with Gasteiger partial charge in [-0.1, -0.05) is 12.1 Å². The standard InChI is InChI=1S/C23H22N2O5/c1-14-19(22(26)25(24-14)18-5-3-4-17(12-18)23(27)28)10-16-8-9-20(21(11-16)29-2)30-13-15-6-7-15/h3-5,8-12,15H,6-7,13H2,1-2H3,(H,27,28)/b19-10-. The van der Waals surface area contributed by atoms with Crippen molar-refractivity contribution in [3.05, 3.63) is 59.2 Å². The van der Waals surface area contributed by atoms with Crippen LogP contribution in [0.15, 0.2) is 53.1 Å². The third-order valence-electron chi connectivity index (χ3n) is 5.07. The number of carbonyl (C=O) groups is 2. The minimum atomic E-state index is -1.06. The third kappa shape index (κ3) is 4.05. The minimum absolute atomic E-state index is 0.0945. The van der Waals surface area contributed by atoms with Crippen LogP contribution in [0.4, 0.5) is 5.69 Å². The first-order valence-electron chi connectivity index (χ1n) is 9.72. The number of benzene rings is 2. The number of hydrogen-bond donors (Lipinski definition) is 1. The number of methoxy groups -OCH3 is 1. The molecule has 1 amide bonds. The number of carboxylic acids is 1. The Morgan fingerprint density at radius 3 is 2.73 bits per heavy atom. The van der Waals surface area contributed by atoms with E-state index in [1.165, 1.54) is 30.0 Å². The van der Waals surface area contributed by atoms with Crippen LogP contribution in [0.1, 0.15) is 35.7 Å². The Labute approximate surface area is 174 Å². The SMILES string of the molecule is COc1cc(/C=C2\C(=O)N(c3cccc(C(=O)O)c3)N=C2C)ccc1OCC1CC1. The van der Waals surface area contributed by atoms with Crippen LogP contribution >= 0.6 is 0 Å². The highest BCUT2D eigenvalue weighted by atomic mass is 16.5. The van der Waals surface area contributed by atoms with E-state index in [1.807, 2.05) is 18.2 Å². The summed E-state index contributed by atoms with van der Waals surface area (Å²) in [4.78, 5) is 24.2. The number of amides is 1. The lowest BCUT2D eigenvalue weighted by Gasteiger charge is -2.12. The Balaban J connectivity index is 1.58. The van der Waals surface area contributed by atoms with Crippen molar-refractivity contribution in [1.82, 2.24) is 0 Å². The van der Waals surface area contributed by atoms with Crippen molar-refractivity contribution >= 4 is 29.4 Å². The van der Waals surface area contributed by atoms with E-state index in [9.17, 15) is 14.7 Å². The predicted molar refractivity (Wildman–Crippen MR) is 113 cm³/mol. The summed E-state index contributed by atoms with van der Waals surface area (Å²) in [5.41, 5.74) is 2.27. The molecule has 1 aliphatic carbocycles. The van der Waals surface area contributed by atoms with Crippen LogP contribution in [0.5, 0.6) is 11.5 Å². The van der Waals surface area contributed by atoms with Crippen LogP contribution in [0.3, 0.4) is 0 Å². The molecule has 1 N–H and O–H groups in total. The van der Waals surface area contributed by atoms with Gasteiger partial charge in [0.25, 0.3) is 5.91 Å². The molecule has 0 unspecified atom stereocenters. The van der Waals surface area contributed by atoms with Gasteiger partial charge in [-0.05, 0) is 67.7 Å². The molecule has 7 heteroatoms. The number of hydrazone groups is 1. The molecule has 1 heterocycles. The van der Waals surface area contributed by atoms with E-state index in [2.05, 4.69) is 5.10 Å². The molecule has 2 aromatic rings. The maximum Gasteiger partial charge on any atom is 0.335 e. The summed E-state index contributed by atoms with van der Waals surface area (Å²) in [5, 5.41) is 14.7. The number of anilines is 1. The van der Waals surface area contributed by atoms with Crippen molar-refractivity contribution in [3.8, 4) is 11.5 Å². The van der Waals surface area contributed by atoms with Gasteiger partial charge in [0.05, 0.1) is 36.3 Å². The molecular formula is C23H22N2O5. The number of carboxylic acid groups (broad SMARTS) is 1.